The van der Waals surface area contributed by atoms with E-state index in [0.29, 0.717) is 25.1 Å². The topological polar surface area (TPSA) is 95.6 Å². The van der Waals surface area contributed by atoms with E-state index in [1.54, 1.807) is 6.07 Å². The van der Waals surface area contributed by atoms with Crippen molar-refractivity contribution >= 4 is 5.69 Å². The lowest BCUT2D eigenvalue weighted by molar-refractivity contribution is -0.385. The molecule has 16 heavy (non-hydrogen) atoms. The Balaban J connectivity index is 2.18. The number of hydrogen-bond acceptors (Lipinski definition) is 5. The van der Waals surface area contributed by atoms with Crippen LogP contribution in [0.2, 0.25) is 0 Å². The molecule has 0 unspecified atom stereocenters. The van der Waals surface area contributed by atoms with Crippen molar-refractivity contribution in [2.75, 3.05) is 13.1 Å². The molecule has 1 fully saturated rings. The molecule has 1 aliphatic rings. The van der Waals surface area contributed by atoms with Crippen LogP contribution in [0.1, 0.15) is 5.56 Å². The van der Waals surface area contributed by atoms with E-state index in [1.165, 1.54) is 12.1 Å². The average Bonchev–Trinajstić information content (AvgIpc) is 2.14. The summed E-state index contributed by atoms with van der Waals surface area (Å²) in [6.45, 7) is 1.01. The van der Waals surface area contributed by atoms with Gasteiger partial charge < -0.3 is 15.5 Å². The number of aromatic hydroxyl groups is 1. The van der Waals surface area contributed by atoms with Gasteiger partial charge in [0.1, 0.15) is 0 Å². The third-order valence-corrected chi connectivity index (χ3v) is 2.68. The molecule has 2 rings (SSSR count). The highest BCUT2D eigenvalue weighted by molar-refractivity contribution is 5.47. The first-order valence-electron chi connectivity index (χ1n) is 4.90. The van der Waals surface area contributed by atoms with Crippen LogP contribution in [0.15, 0.2) is 18.2 Å². The highest BCUT2D eigenvalue weighted by Gasteiger charge is 2.34. The standard InChI is InChI=1S/C10H12N2O4/c13-9-3-7(1-2-8(9)12(15)16)4-10(14)5-11-6-10/h1-3,11,13-14H,4-6H2. The Morgan fingerprint density at radius 1 is 1.50 bits per heavy atom. The molecule has 0 bridgehead atoms. The van der Waals surface area contributed by atoms with E-state index >= 15 is 0 Å². The summed E-state index contributed by atoms with van der Waals surface area (Å²) in [7, 11) is 0. The fraction of sp³-hybridized carbons (Fsp3) is 0.400. The first kappa shape index (κ1) is 10.8. The maximum Gasteiger partial charge on any atom is 0.310 e. The summed E-state index contributed by atoms with van der Waals surface area (Å²) < 4.78 is 0. The molecule has 0 atom stereocenters. The maximum absolute atomic E-state index is 10.5. The van der Waals surface area contributed by atoms with Crippen LogP contribution in [0.25, 0.3) is 0 Å². The summed E-state index contributed by atoms with van der Waals surface area (Å²) in [4.78, 5) is 9.83. The van der Waals surface area contributed by atoms with Crippen molar-refractivity contribution in [1.82, 2.24) is 5.32 Å². The number of nitrogens with one attached hydrogen (secondary N) is 1. The number of nitrogens with zero attached hydrogens (tertiary/aromatic N) is 1. The fourth-order valence-corrected chi connectivity index (χ4v) is 1.75. The van der Waals surface area contributed by atoms with Crippen molar-refractivity contribution in [3.05, 3.63) is 33.9 Å². The number of nitro benzene ring substituents is 1. The summed E-state index contributed by atoms with van der Waals surface area (Å²) in [5, 5.41) is 32.7. The second-order valence-electron chi connectivity index (χ2n) is 4.08. The lowest BCUT2D eigenvalue weighted by Gasteiger charge is -2.37. The molecule has 1 heterocycles. The Hall–Kier alpha value is -1.66. The second kappa shape index (κ2) is 3.73. The van der Waals surface area contributed by atoms with Gasteiger partial charge in [-0.25, -0.2) is 0 Å². The van der Waals surface area contributed by atoms with Crippen molar-refractivity contribution in [3.8, 4) is 5.75 Å². The summed E-state index contributed by atoms with van der Waals surface area (Å²) >= 11 is 0. The SMILES string of the molecule is O=[N+]([O-])c1ccc(CC2(O)CNC2)cc1O. The van der Waals surface area contributed by atoms with Crippen molar-refractivity contribution < 1.29 is 15.1 Å². The Bertz CT molecular complexity index is 429. The lowest BCUT2D eigenvalue weighted by atomic mass is 9.89. The molecule has 1 aliphatic heterocycles. The largest absolute Gasteiger partial charge is 0.502 e. The van der Waals surface area contributed by atoms with Crippen molar-refractivity contribution in [2.45, 2.75) is 12.0 Å². The van der Waals surface area contributed by atoms with Gasteiger partial charge in [0.2, 0.25) is 0 Å². The van der Waals surface area contributed by atoms with E-state index in [2.05, 4.69) is 5.32 Å². The zero-order valence-electron chi connectivity index (χ0n) is 8.51. The molecular formula is C10H12N2O4. The molecular weight excluding hydrogens is 212 g/mol. The molecule has 0 spiro atoms. The predicted molar refractivity (Wildman–Crippen MR) is 56.3 cm³/mol. The van der Waals surface area contributed by atoms with Gasteiger partial charge in [0.05, 0.1) is 10.5 Å². The number of nitro groups is 1. The number of hydrogen-bond donors (Lipinski definition) is 3. The third kappa shape index (κ3) is 1.98. The minimum Gasteiger partial charge on any atom is -0.502 e. The molecule has 1 saturated heterocycles. The van der Waals surface area contributed by atoms with Crippen LogP contribution in [0.5, 0.6) is 5.75 Å². The highest BCUT2D eigenvalue weighted by atomic mass is 16.6. The van der Waals surface area contributed by atoms with Crippen molar-refractivity contribution in [1.29, 1.82) is 0 Å². The quantitative estimate of drug-likeness (QED) is 0.502. The lowest BCUT2D eigenvalue weighted by Crippen LogP contribution is -2.60. The number of aliphatic hydroxyl groups is 1. The first-order valence-corrected chi connectivity index (χ1v) is 4.90. The molecule has 0 aliphatic carbocycles. The predicted octanol–water partition coefficient (Wildman–Crippen LogP) is 0.177. The van der Waals surface area contributed by atoms with Gasteiger partial charge in [-0.05, 0) is 11.6 Å². The summed E-state index contributed by atoms with van der Waals surface area (Å²) in [6, 6.07) is 4.13. The number of phenols is 1. The molecule has 86 valence electrons. The van der Waals surface area contributed by atoms with Crippen molar-refractivity contribution in [3.63, 3.8) is 0 Å². The maximum atomic E-state index is 10.5. The van der Waals surface area contributed by atoms with Gasteiger partial charge >= 0.3 is 5.69 Å². The second-order valence-corrected chi connectivity index (χ2v) is 4.08. The number of benzene rings is 1. The molecule has 6 heteroatoms. The normalized spacial score (nSPS) is 17.8. The summed E-state index contributed by atoms with van der Waals surface area (Å²) in [5.74, 6) is -0.363. The van der Waals surface area contributed by atoms with E-state index in [1.807, 2.05) is 0 Å². The number of rotatable bonds is 3. The van der Waals surface area contributed by atoms with Crippen LogP contribution >= 0.6 is 0 Å². The smallest absolute Gasteiger partial charge is 0.310 e. The van der Waals surface area contributed by atoms with Crippen LogP contribution in [0, 0.1) is 10.1 Å². The van der Waals surface area contributed by atoms with E-state index in [-0.39, 0.29) is 11.4 Å². The van der Waals surface area contributed by atoms with Crippen LogP contribution in [0.4, 0.5) is 5.69 Å². The molecule has 0 saturated carbocycles. The summed E-state index contributed by atoms with van der Waals surface area (Å²) in [6.07, 6.45) is 0.381. The van der Waals surface area contributed by atoms with Crippen LogP contribution in [0.3, 0.4) is 0 Å². The average molecular weight is 224 g/mol. The molecule has 3 N–H and O–H groups in total. The molecule has 6 nitrogen and oxygen atoms in total. The van der Waals surface area contributed by atoms with E-state index < -0.39 is 10.5 Å². The summed E-state index contributed by atoms with van der Waals surface area (Å²) in [5.41, 5.74) is -0.419. The van der Waals surface area contributed by atoms with Gasteiger partial charge in [-0.1, -0.05) is 6.07 Å². The zero-order chi connectivity index (χ0) is 11.8. The fourth-order valence-electron chi connectivity index (χ4n) is 1.75. The minimum absolute atomic E-state index is 0.317. The number of β-amino-alcohol motifs (C(OH)–C–C–N with tert-alkyl or cyclic N) is 1. The third-order valence-electron chi connectivity index (χ3n) is 2.68. The molecule has 1 aromatic rings. The van der Waals surface area contributed by atoms with Gasteiger partial charge in [0.25, 0.3) is 0 Å². The van der Waals surface area contributed by atoms with E-state index in [0.717, 1.165) is 0 Å². The Kier molecular flexibility index (Phi) is 2.53. The van der Waals surface area contributed by atoms with Crippen LogP contribution < -0.4 is 5.32 Å². The molecule has 0 amide bonds. The Morgan fingerprint density at radius 2 is 2.19 bits per heavy atom. The molecule has 0 radical (unpaired) electrons. The van der Waals surface area contributed by atoms with Gasteiger partial charge in [-0.3, -0.25) is 10.1 Å². The van der Waals surface area contributed by atoms with Gasteiger partial charge in [-0.15, -0.1) is 0 Å². The van der Waals surface area contributed by atoms with Crippen LogP contribution in [-0.2, 0) is 6.42 Å². The van der Waals surface area contributed by atoms with Gasteiger partial charge in [0, 0.05) is 25.6 Å². The Morgan fingerprint density at radius 3 is 2.62 bits per heavy atom. The van der Waals surface area contributed by atoms with E-state index in [9.17, 15) is 20.3 Å². The monoisotopic (exact) mass is 224 g/mol. The number of phenolic OH excluding ortho intramolecular Hbond substituents is 1. The van der Waals surface area contributed by atoms with Crippen LogP contribution in [-0.4, -0.2) is 33.8 Å². The highest BCUT2D eigenvalue weighted by Crippen LogP contribution is 2.28. The molecule has 0 aromatic heterocycles. The van der Waals surface area contributed by atoms with Gasteiger partial charge in [-0.2, -0.15) is 0 Å². The first-order chi connectivity index (χ1) is 7.50. The van der Waals surface area contributed by atoms with E-state index in [4.69, 9.17) is 0 Å². The Labute approximate surface area is 91.7 Å². The van der Waals surface area contributed by atoms with Crippen molar-refractivity contribution in [2.24, 2.45) is 0 Å². The molecule has 1 aromatic carbocycles. The minimum atomic E-state index is -0.789. The van der Waals surface area contributed by atoms with Gasteiger partial charge in [0.15, 0.2) is 5.75 Å². The zero-order valence-corrected chi connectivity index (χ0v) is 8.51.